The van der Waals surface area contributed by atoms with Crippen LogP contribution < -0.4 is 16.2 Å². The van der Waals surface area contributed by atoms with Gasteiger partial charge in [-0.25, -0.2) is 4.98 Å². The number of rotatable bonds is 6. The number of hydrogen-bond donors (Lipinski definition) is 3. The van der Waals surface area contributed by atoms with E-state index in [9.17, 15) is 14.4 Å². The molecule has 1 aromatic heterocycles. The van der Waals surface area contributed by atoms with E-state index in [-0.39, 0.29) is 23.7 Å². The number of aryl methyl sites for hydroxylation is 1. The Balaban J connectivity index is 1.52. The molecule has 1 aliphatic heterocycles. The van der Waals surface area contributed by atoms with E-state index in [0.717, 1.165) is 12.2 Å². The summed E-state index contributed by atoms with van der Waals surface area (Å²) in [6, 6.07) is 18.9. The minimum Gasteiger partial charge on any atom is -0.326 e. The molecular formula is C22H20N4O3S. The molecule has 0 spiro atoms. The molecule has 152 valence electrons. The normalized spacial score (nSPS) is 15.2. The standard InChI is InChI=1S/C22H20N4O3S/c27-17-13-16(20(28)23-15-9-5-2-6-10-15)18-19(24-17)25-22(26-21(18)29)30-12-11-14-7-3-1-4-8-14/h1-10,16H,11-13H2,(H,23,28)(H2,24,25,26,27,29)/t16-/m1/s1. The molecule has 2 amide bonds. The fourth-order valence-corrected chi connectivity index (χ4v) is 4.16. The minimum atomic E-state index is -0.895. The number of benzene rings is 2. The van der Waals surface area contributed by atoms with E-state index < -0.39 is 17.4 Å². The molecule has 1 atom stereocenters. The third kappa shape index (κ3) is 4.60. The second-order valence-electron chi connectivity index (χ2n) is 6.88. The lowest BCUT2D eigenvalue weighted by Gasteiger charge is -2.23. The van der Waals surface area contributed by atoms with Gasteiger partial charge < -0.3 is 15.6 Å². The molecule has 7 nitrogen and oxygen atoms in total. The van der Waals surface area contributed by atoms with Crippen LogP contribution in [0.5, 0.6) is 0 Å². The van der Waals surface area contributed by atoms with Gasteiger partial charge in [-0.05, 0) is 24.1 Å². The van der Waals surface area contributed by atoms with Crippen molar-refractivity contribution < 1.29 is 9.59 Å². The molecule has 0 fully saturated rings. The molecule has 0 radical (unpaired) electrons. The summed E-state index contributed by atoms with van der Waals surface area (Å²) >= 11 is 1.40. The number of amides is 2. The van der Waals surface area contributed by atoms with Crippen LogP contribution in [0.4, 0.5) is 11.5 Å². The van der Waals surface area contributed by atoms with E-state index in [4.69, 9.17) is 0 Å². The number of thioether (sulfide) groups is 1. The number of aromatic nitrogens is 2. The number of nitrogens with one attached hydrogen (secondary N) is 3. The van der Waals surface area contributed by atoms with Crippen molar-refractivity contribution in [1.82, 2.24) is 9.97 Å². The number of carbonyl (C=O) groups excluding carboxylic acids is 2. The zero-order chi connectivity index (χ0) is 20.9. The van der Waals surface area contributed by atoms with Crippen molar-refractivity contribution in [1.29, 1.82) is 0 Å². The number of carbonyl (C=O) groups is 2. The topological polar surface area (TPSA) is 104 Å². The van der Waals surface area contributed by atoms with Gasteiger partial charge in [0.2, 0.25) is 11.8 Å². The van der Waals surface area contributed by atoms with Gasteiger partial charge in [0.15, 0.2) is 5.16 Å². The fraction of sp³-hybridized carbons (Fsp3) is 0.182. The van der Waals surface area contributed by atoms with Crippen molar-refractivity contribution in [2.45, 2.75) is 23.9 Å². The molecule has 30 heavy (non-hydrogen) atoms. The van der Waals surface area contributed by atoms with Gasteiger partial charge in [-0.2, -0.15) is 0 Å². The number of hydrogen-bond acceptors (Lipinski definition) is 5. The summed E-state index contributed by atoms with van der Waals surface area (Å²) in [5.74, 6) is -0.764. The summed E-state index contributed by atoms with van der Waals surface area (Å²) in [6.45, 7) is 0. The van der Waals surface area contributed by atoms with Crippen LogP contribution in [0.25, 0.3) is 0 Å². The van der Waals surface area contributed by atoms with Gasteiger partial charge in [0.1, 0.15) is 5.82 Å². The van der Waals surface area contributed by atoms with Gasteiger partial charge >= 0.3 is 0 Å². The van der Waals surface area contributed by atoms with E-state index >= 15 is 0 Å². The zero-order valence-electron chi connectivity index (χ0n) is 16.1. The van der Waals surface area contributed by atoms with Crippen molar-refractivity contribution >= 4 is 35.1 Å². The summed E-state index contributed by atoms with van der Waals surface area (Å²) in [5.41, 5.74) is 1.58. The Hall–Kier alpha value is -3.39. The van der Waals surface area contributed by atoms with E-state index in [1.165, 1.54) is 17.3 Å². The molecule has 8 heteroatoms. The van der Waals surface area contributed by atoms with E-state index in [0.29, 0.717) is 10.8 Å². The first-order chi connectivity index (χ1) is 14.6. The molecule has 2 aromatic carbocycles. The SMILES string of the molecule is O=C1C[C@@H](C(=O)Nc2ccccc2)c2c(nc(SCCc3ccccc3)[nH]c2=O)N1. The van der Waals surface area contributed by atoms with E-state index in [1.54, 1.807) is 24.3 Å². The minimum absolute atomic E-state index is 0.100. The molecule has 2 heterocycles. The quantitative estimate of drug-likeness (QED) is 0.420. The van der Waals surface area contributed by atoms with Crippen LogP contribution in [0, 0.1) is 0 Å². The fourth-order valence-electron chi connectivity index (χ4n) is 3.30. The summed E-state index contributed by atoms with van der Waals surface area (Å²) in [6.07, 6.45) is 0.720. The summed E-state index contributed by atoms with van der Waals surface area (Å²) in [4.78, 5) is 44.8. The first-order valence-electron chi connectivity index (χ1n) is 9.57. The van der Waals surface area contributed by atoms with E-state index in [1.807, 2.05) is 36.4 Å². The summed E-state index contributed by atoms with van der Waals surface area (Å²) < 4.78 is 0. The molecule has 0 saturated carbocycles. The van der Waals surface area contributed by atoms with Gasteiger partial charge in [-0.15, -0.1) is 0 Å². The highest BCUT2D eigenvalue weighted by atomic mass is 32.2. The van der Waals surface area contributed by atoms with Crippen LogP contribution in [0.3, 0.4) is 0 Å². The van der Waals surface area contributed by atoms with Crippen LogP contribution in [0.15, 0.2) is 70.6 Å². The first-order valence-corrected chi connectivity index (χ1v) is 10.6. The molecular weight excluding hydrogens is 400 g/mol. The monoisotopic (exact) mass is 420 g/mol. The Morgan fingerprint density at radius 1 is 1.07 bits per heavy atom. The molecule has 0 aliphatic carbocycles. The number of para-hydroxylation sites is 1. The number of nitrogens with zero attached hydrogens (tertiary/aromatic N) is 1. The predicted octanol–water partition coefficient (Wildman–Crippen LogP) is 3.17. The van der Waals surface area contributed by atoms with Crippen molar-refractivity contribution in [3.05, 3.63) is 82.1 Å². The Bertz CT molecular complexity index is 1120. The van der Waals surface area contributed by atoms with Crippen molar-refractivity contribution in [3.63, 3.8) is 0 Å². The molecule has 3 aromatic rings. The molecule has 3 N–H and O–H groups in total. The molecule has 0 bridgehead atoms. The Kier molecular flexibility index (Phi) is 5.94. The number of anilines is 2. The maximum atomic E-state index is 12.8. The van der Waals surface area contributed by atoms with Gasteiger partial charge in [0.25, 0.3) is 5.56 Å². The smallest absolute Gasteiger partial charge is 0.257 e. The van der Waals surface area contributed by atoms with Crippen molar-refractivity contribution in [3.8, 4) is 0 Å². The largest absolute Gasteiger partial charge is 0.326 e. The maximum Gasteiger partial charge on any atom is 0.257 e. The Morgan fingerprint density at radius 3 is 2.50 bits per heavy atom. The highest BCUT2D eigenvalue weighted by molar-refractivity contribution is 7.99. The Labute approximate surface area is 177 Å². The zero-order valence-corrected chi connectivity index (χ0v) is 16.9. The number of fused-ring (bicyclic) bond motifs is 1. The van der Waals surface area contributed by atoms with Gasteiger partial charge in [0, 0.05) is 17.9 Å². The van der Waals surface area contributed by atoms with Crippen molar-refractivity contribution in [2.75, 3.05) is 16.4 Å². The average Bonchev–Trinajstić information content (AvgIpc) is 2.74. The van der Waals surface area contributed by atoms with Crippen LogP contribution in [0.1, 0.15) is 23.5 Å². The number of H-pyrrole nitrogens is 1. The second kappa shape index (κ2) is 8.96. The predicted molar refractivity (Wildman–Crippen MR) is 117 cm³/mol. The summed E-state index contributed by atoms with van der Waals surface area (Å²) in [5, 5.41) is 5.81. The Morgan fingerprint density at radius 2 is 1.77 bits per heavy atom. The van der Waals surface area contributed by atoms with E-state index in [2.05, 4.69) is 20.6 Å². The third-order valence-electron chi connectivity index (χ3n) is 4.76. The van der Waals surface area contributed by atoms with Gasteiger partial charge in [-0.3, -0.25) is 14.4 Å². The number of aromatic amines is 1. The lowest BCUT2D eigenvalue weighted by atomic mass is 9.92. The summed E-state index contributed by atoms with van der Waals surface area (Å²) in [7, 11) is 0. The third-order valence-corrected chi connectivity index (χ3v) is 5.63. The van der Waals surface area contributed by atoms with Crippen LogP contribution >= 0.6 is 11.8 Å². The van der Waals surface area contributed by atoms with Gasteiger partial charge in [0.05, 0.1) is 11.5 Å². The van der Waals surface area contributed by atoms with Crippen LogP contribution in [0.2, 0.25) is 0 Å². The van der Waals surface area contributed by atoms with Crippen molar-refractivity contribution in [2.24, 2.45) is 0 Å². The van der Waals surface area contributed by atoms with Crippen LogP contribution in [-0.2, 0) is 16.0 Å². The van der Waals surface area contributed by atoms with Crippen LogP contribution in [-0.4, -0.2) is 27.5 Å². The van der Waals surface area contributed by atoms with Gasteiger partial charge in [-0.1, -0.05) is 60.3 Å². The lowest BCUT2D eigenvalue weighted by molar-refractivity contribution is -0.123. The highest BCUT2D eigenvalue weighted by Crippen LogP contribution is 2.30. The lowest BCUT2D eigenvalue weighted by Crippen LogP contribution is -2.36. The highest BCUT2D eigenvalue weighted by Gasteiger charge is 2.34. The molecule has 1 aliphatic rings. The first kappa shape index (κ1) is 19.9. The average molecular weight is 420 g/mol. The maximum absolute atomic E-state index is 12.8. The molecule has 0 saturated heterocycles. The molecule has 0 unspecified atom stereocenters. The second-order valence-corrected chi connectivity index (χ2v) is 7.96. The molecule has 4 rings (SSSR count).